The van der Waals surface area contributed by atoms with Gasteiger partial charge in [0.25, 0.3) is 5.56 Å². The molecule has 5 nitrogen and oxygen atoms in total. The molecule has 0 bridgehead atoms. The van der Waals surface area contributed by atoms with Gasteiger partial charge in [-0.05, 0) is 18.2 Å². The van der Waals surface area contributed by atoms with Crippen molar-refractivity contribution < 1.29 is 0 Å². The summed E-state index contributed by atoms with van der Waals surface area (Å²) in [4.78, 5) is 17.4. The Morgan fingerprint density at radius 1 is 1.05 bits per heavy atom. The van der Waals surface area contributed by atoms with E-state index in [4.69, 9.17) is 0 Å². The number of aromatic nitrogens is 2. The van der Waals surface area contributed by atoms with Crippen LogP contribution in [-0.4, -0.2) is 35.6 Å². The standard InChI is InChI=1S/C15H16N4O/c20-15-14-9-11(18-7-5-16-6-8-18)10-19(14)13-4-2-1-3-12(13)17-15/h1-4,9-10,16H,5-8H2,(H,17,20). The van der Waals surface area contributed by atoms with E-state index in [2.05, 4.69) is 21.4 Å². The maximum atomic E-state index is 12.2. The number of para-hydroxylation sites is 2. The van der Waals surface area contributed by atoms with Crippen molar-refractivity contribution in [1.29, 1.82) is 0 Å². The summed E-state index contributed by atoms with van der Waals surface area (Å²) in [6, 6.07) is 9.87. The average molecular weight is 268 g/mol. The number of nitrogens with one attached hydrogen (secondary N) is 2. The number of nitrogens with zero attached hydrogens (tertiary/aromatic N) is 2. The number of hydrogen-bond donors (Lipinski definition) is 2. The van der Waals surface area contributed by atoms with E-state index in [-0.39, 0.29) is 5.56 Å². The molecule has 3 aromatic rings. The lowest BCUT2D eigenvalue weighted by Crippen LogP contribution is -2.43. The second-order valence-corrected chi connectivity index (χ2v) is 5.16. The summed E-state index contributed by atoms with van der Waals surface area (Å²) in [5.74, 6) is 0. The van der Waals surface area contributed by atoms with E-state index in [0.29, 0.717) is 5.52 Å². The Balaban J connectivity index is 1.95. The molecular weight excluding hydrogens is 252 g/mol. The predicted molar refractivity (Wildman–Crippen MR) is 80.6 cm³/mol. The summed E-state index contributed by atoms with van der Waals surface area (Å²) in [6.45, 7) is 3.94. The third kappa shape index (κ3) is 1.71. The van der Waals surface area contributed by atoms with Crippen LogP contribution in [0.4, 0.5) is 5.69 Å². The van der Waals surface area contributed by atoms with Gasteiger partial charge in [-0.3, -0.25) is 4.79 Å². The first-order valence-corrected chi connectivity index (χ1v) is 6.92. The van der Waals surface area contributed by atoms with Gasteiger partial charge in [-0.2, -0.15) is 0 Å². The normalized spacial score (nSPS) is 16.1. The van der Waals surface area contributed by atoms with Crippen molar-refractivity contribution in [2.45, 2.75) is 0 Å². The highest BCUT2D eigenvalue weighted by Crippen LogP contribution is 2.21. The Kier molecular flexibility index (Phi) is 2.53. The van der Waals surface area contributed by atoms with Crippen molar-refractivity contribution in [2.75, 3.05) is 31.1 Å². The summed E-state index contributed by atoms with van der Waals surface area (Å²) in [6.07, 6.45) is 2.07. The second kappa shape index (κ2) is 4.38. The molecule has 3 heterocycles. The Bertz CT molecular complexity index is 827. The van der Waals surface area contributed by atoms with Crippen molar-refractivity contribution in [2.24, 2.45) is 0 Å². The number of benzene rings is 1. The van der Waals surface area contributed by atoms with E-state index in [9.17, 15) is 4.79 Å². The minimum Gasteiger partial charge on any atom is -0.368 e. The van der Waals surface area contributed by atoms with Gasteiger partial charge >= 0.3 is 0 Å². The Labute approximate surface area is 115 Å². The SMILES string of the molecule is O=c1[nH]c2ccccc2n2cc(N3CCNCC3)cc12. The summed E-state index contributed by atoms with van der Waals surface area (Å²) < 4.78 is 1.99. The van der Waals surface area contributed by atoms with Crippen molar-refractivity contribution in [1.82, 2.24) is 14.7 Å². The molecule has 2 N–H and O–H groups in total. The highest BCUT2D eigenvalue weighted by Gasteiger charge is 2.14. The monoisotopic (exact) mass is 268 g/mol. The third-order valence-corrected chi connectivity index (χ3v) is 3.93. The van der Waals surface area contributed by atoms with E-state index >= 15 is 0 Å². The zero-order valence-electron chi connectivity index (χ0n) is 11.1. The smallest absolute Gasteiger partial charge is 0.272 e. The van der Waals surface area contributed by atoms with Crippen molar-refractivity contribution in [3.05, 3.63) is 46.9 Å². The molecule has 4 rings (SSSR count). The summed E-state index contributed by atoms with van der Waals surface area (Å²) in [5.41, 5.74) is 3.69. The van der Waals surface area contributed by atoms with Crippen LogP contribution in [0.15, 0.2) is 41.3 Å². The van der Waals surface area contributed by atoms with Gasteiger partial charge in [0, 0.05) is 32.4 Å². The van der Waals surface area contributed by atoms with Crippen LogP contribution >= 0.6 is 0 Å². The second-order valence-electron chi connectivity index (χ2n) is 5.16. The number of H-pyrrole nitrogens is 1. The highest BCUT2D eigenvalue weighted by atomic mass is 16.1. The van der Waals surface area contributed by atoms with Crippen LogP contribution in [0.2, 0.25) is 0 Å². The van der Waals surface area contributed by atoms with E-state index in [0.717, 1.165) is 42.9 Å². The van der Waals surface area contributed by atoms with Crippen molar-refractivity contribution in [3.63, 3.8) is 0 Å². The molecule has 102 valence electrons. The molecule has 0 spiro atoms. The van der Waals surface area contributed by atoms with Crippen LogP contribution in [0.1, 0.15) is 0 Å². The minimum atomic E-state index is -0.0370. The van der Waals surface area contributed by atoms with Gasteiger partial charge in [-0.15, -0.1) is 0 Å². The molecule has 1 aliphatic heterocycles. The van der Waals surface area contributed by atoms with Crippen LogP contribution < -0.4 is 15.8 Å². The first-order valence-electron chi connectivity index (χ1n) is 6.92. The van der Waals surface area contributed by atoms with Gasteiger partial charge in [0.2, 0.25) is 0 Å². The molecule has 0 unspecified atom stereocenters. The van der Waals surface area contributed by atoms with Gasteiger partial charge in [0.05, 0.1) is 16.7 Å². The van der Waals surface area contributed by atoms with Crippen molar-refractivity contribution in [3.8, 4) is 0 Å². The van der Waals surface area contributed by atoms with Crippen LogP contribution in [0.5, 0.6) is 0 Å². The molecule has 0 radical (unpaired) electrons. The third-order valence-electron chi connectivity index (χ3n) is 3.93. The van der Waals surface area contributed by atoms with Gasteiger partial charge < -0.3 is 19.6 Å². The quantitative estimate of drug-likeness (QED) is 0.697. The number of aromatic amines is 1. The first-order chi connectivity index (χ1) is 9.83. The molecule has 1 aromatic carbocycles. The maximum absolute atomic E-state index is 12.2. The number of anilines is 1. The summed E-state index contributed by atoms with van der Waals surface area (Å²) in [7, 11) is 0. The van der Waals surface area contributed by atoms with Crippen LogP contribution in [0.3, 0.4) is 0 Å². The van der Waals surface area contributed by atoms with E-state index in [1.54, 1.807) is 0 Å². The summed E-state index contributed by atoms with van der Waals surface area (Å²) in [5, 5.41) is 3.34. The largest absolute Gasteiger partial charge is 0.368 e. The molecule has 0 amide bonds. The number of piperazine rings is 1. The summed E-state index contributed by atoms with van der Waals surface area (Å²) >= 11 is 0. The fourth-order valence-corrected chi connectivity index (χ4v) is 2.89. The Morgan fingerprint density at radius 2 is 1.85 bits per heavy atom. The lowest BCUT2D eigenvalue weighted by Gasteiger charge is -2.28. The molecule has 2 aromatic heterocycles. The van der Waals surface area contributed by atoms with E-state index in [1.807, 2.05) is 34.7 Å². The highest BCUT2D eigenvalue weighted by molar-refractivity contribution is 5.80. The molecule has 0 atom stereocenters. The maximum Gasteiger partial charge on any atom is 0.272 e. The Hall–Kier alpha value is -2.27. The molecule has 1 fully saturated rings. The molecule has 20 heavy (non-hydrogen) atoms. The number of hydrogen-bond acceptors (Lipinski definition) is 3. The zero-order chi connectivity index (χ0) is 13.5. The number of fused-ring (bicyclic) bond motifs is 3. The van der Waals surface area contributed by atoms with Gasteiger partial charge in [-0.25, -0.2) is 0 Å². The fraction of sp³-hybridized carbons (Fsp3) is 0.267. The lowest BCUT2D eigenvalue weighted by atomic mass is 10.3. The van der Waals surface area contributed by atoms with Gasteiger partial charge in [0.15, 0.2) is 0 Å². The van der Waals surface area contributed by atoms with Crippen LogP contribution in [-0.2, 0) is 0 Å². The van der Waals surface area contributed by atoms with Gasteiger partial charge in [-0.1, -0.05) is 12.1 Å². The molecule has 1 saturated heterocycles. The topological polar surface area (TPSA) is 52.5 Å². The Morgan fingerprint density at radius 3 is 2.70 bits per heavy atom. The molecule has 1 aliphatic rings. The van der Waals surface area contributed by atoms with E-state index < -0.39 is 0 Å². The van der Waals surface area contributed by atoms with Crippen LogP contribution in [0, 0.1) is 0 Å². The molecular formula is C15H16N4O. The predicted octanol–water partition coefficient (Wildman–Crippen LogP) is 1.19. The van der Waals surface area contributed by atoms with Gasteiger partial charge in [0.1, 0.15) is 5.52 Å². The lowest BCUT2D eigenvalue weighted by molar-refractivity contribution is 0.589. The average Bonchev–Trinajstić information content (AvgIpc) is 2.94. The molecule has 0 aliphatic carbocycles. The number of rotatable bonds is 1. The van der Waals surface area contributed by atoms with E-state index in [1.165, 1.54) is 0 Å². The van der Waals surface area contributed by atoms with Crippen LogP contribution in [0.25, 0.3) is 16.6 Å². The minimum absolute atomic E-state index is 0.0370. The molecule has 5 heteroatoms. The first kappa shape index (κ1) is 11.5. The molecule has 0 saturated carbocycles. The zero-order valence-corrected chi connectivity index (χ0v) is 11.1. The fourth-order valence-electron chi connectivity index (χ4n) is 2.89. The van der Waals surface area contributed by atoms with Crippen molar-refractivity contribution >= 4 is 22.2 Å².